The summed E-state index contributed by atoms with van der Waals surface area (Å²) in [5.74, 6) is 0.470. The fourth-order valence-corrected chi connectivity index (χ4v) is 5.68. The van der Waals surface area contributed by atoms with Crippen LogP contribution in [-0.2, 0) is 26.2 Å². The van der Waals surface area contributed by atoms with E-state index in [4.69, 9.17) is 21.1 Å². The molecule has 3 aromatic rings. The average Bonchev–Trinajstić information content (AvgIpc) is 2.97. The lowest BCUT2D eigenvalue weighted by atomic mass is 10.1. The smallest absolute Gasteiger partial charge is 0.264 e. The summed E-state index contributed by atoms with van der Waals surface area (Å²) >= 11 is 6.01. The van der Waals surface area contributed by atoms with Crippen molar-refractivity contribution in [2.75, 3.05) is 31.1 Å². The highest BCUT2D eigenvalue weighted by Crippen LogP contribution is 2.27. The highest BCUT2D eigenvalue weighted by atomic mass is 35.5. The van der Waals surface area contributed by atoms with Crippen molar-refractivity contribution >= 4 is 39.1 Å². The van der Waals surface area contributed by atoms with Gasteiger partial charge in [-0.1, -0.05) is 37.6 Å². The monoisotopic (exact) mass is 615 g/mol. The summed E-state index contributed by atoms with van der Waals surface area (Å²) in [6, 6.07) is 18.4. The number of amides is 2. The van der Waals surface area contributed by atoms with Crippen molar-refractivity contribution < 1.29 is 27.5 Å². The molecule has 226 valence electrons. The maximum Gasteiger partial charge on any atom is 0.264 e. The molecule has 0 aromatic heterocycles. The fourth-order valence-electron chi connectivity index (χ4n) is 4.14. The van der Waals surface area contributed by atoms with Gasteiger partial charge in [-0.05, 0) is 86.0 Å². The predicted molar refractivity (Wildman–Crippen MR) is 164 cm³/mol. The standard InChI is InChI=1S/C31H38ClN3O6S/c1-6-41-27-14-12-26(13-15-27)35(42(38,39)29-16-10-25(32)11-17-29)21-30(36)34(23(4)31(37)33-19-22(2)3)20-24-8-7-9-28(18-24)40-5/h7-18,22-23H,6,19-21H2,1-5H3,(H,33,37). The molecule has 11 heteroatoms. The molecule has 0 aliphatic heterocycles. The number of halogens is 1. The predicted octanol–water partition coefficient (Wildman–Crippen LogP) is 5.13. The van der Waals surface area contributed by atoms with Crippen molar-refractivity contribution in [3.63, 3.8) is 0 Å². The second-order valence-corrected chi connectivity index (χ2v) is 12.4. The summed E-state index contributed by atoms with van der Waals surface area (Å²) in [4.78, 5) is 28.5. The molecule has 1 unspecified atom stereocenters. The van der Waals surface area contributed by atoms with E-state index in [9.17, 15) is 18.0 Å². The molecule has 0 saturated heterocycles. The van der Waals surface area contributed by atoms with E-state index >= 15 is 0 Å². The SMILES string of the molecule is CCOc1ccc(N(CC(=O)N(Cc2cccc(OC)c2)C(C)C(=O)NCC(C)C)S(=O)(=O)c2ccc(Cl)cc2)cc1. The van der Waals surface area contributed by atoms with Crippen molar-refractivity contribution in [3.8, 4) is 11.5 Å². The zero-order chi connectivity index (χ0) is 30.9. The molecule has 0 radical (unpaired) electrons. The number of anilines is 1. The van der Waals surface area contributed by atoms with Gasteiger partial charge in [0.1, 0.15) is 24.1 Å². The molecule has 1 atom stereocenters. The molecule has 0 heterocycles. The summed E-state index contributed by atoms with van der Waals surface area (Å²) < 4.78 is 39.7. The molecule has 2 amide bonds. The Balaban J connectivity index is 2.02. The van der Waals surface area contributed by atoms with Crippen LogP contribution in [-0.4, -0.2) is 58.0 Å². The number of benzene rings is 3. The van der Waals surface area contributed by atoms with Gasteiger partial charge < -0.3 is 19.7 Å². The van der Waals surface area contributed by atoms with Crippen LogP contribution in [0.25, 0.3) is 0 Å². The van der Waals surface area contributed by atoms with Gasteiger partial charge in [0.05, 0.1) is 24.3 Å². The van der Waals surface area contributed by atoms with Crippen LogP contribution in [0.4, 0.5) is 5.69 Å². The van der Waals surface area contributed by atoms with Crippen molar-refractivity contribution in [2.45, 2.75) is 45.2 Å². The van der Waals surface area contributed by atoms with Gasteiger partial charge in [-0.3, -0.25) is 13.9 Å². The number of sulfonamides is 1. The minimum atomic E-state index is -4.21. The lowest BCUT2D eigenvalue weighted by Gasteiger charge is -2.32. The number of hydrogen-bond acceptors (Lipinski definition) is 6. The topological polar surface area (TPSA) is 105 Å². The van der Waals surface area contributed by atoms with Gasteiger partial charge in [0.15, 0.2) is 0 Å². The van der Waals surface area contributed by atoms with Gasteiger partial charge in [0.2, 0.25) is 11.8 Å². The van der Waals surface area contributed by atoms with E-state index in [1.165, 1.54) is 29.2 Å². The van der Waals surface area contributed by atoms with Crippen LogP contribution in [0.5, 0.6) is 11.5 Å². The molecule has 9 nitrogen and oxygen atoms in total. The average molecular weight is 616 g/mol. The van der Waals surface area contributed by atoms with Crippen molar-refractivity contribution in [3.05, 3.63) is 83.4 Å². The normalized spacial score (nSPS) is 12.0. The largest absolute Gasteiger partial charge is 0.497 e. The van der Waals surface area contributed by atoms with Crippen LogP contribution < -0.4 is 19.1 Å². The van der Waals surface area contributed by atoms with E-state index in [0.29, 0.717) is 29.7 Å². The number of carbonyl (C=O) groups is 2. The number of ether oxygens (including phenoxy) is 2. The fraction of sp³-hybridized carbons (Fsp3) is 0.355. The first-order valence-corrected chi connectivity index (χ1v) is 15.5. The Labute approximate surface area is 253 Å². The highest BCUT2D eigenvalue weighted by molar-refractivity contribution is 7.92. The Morgan fingerprint density at radius 2 is 1.62 bits per heavy atom. The van der Waals surface area contributed by atoms with E-state index in [2.05, 4.69) is 5.32 Å². The first kappa shape index (κ1) is 32.8. The van der Waals surface area contributed by atoms with Gasteiger partial charge in [0, 0.05) is 18.1 Å². The Hall–Kier alpha value is -3.76. The van der Waals surface area contributed by atoms with Crippen molar-refractivity contribution in [2.24, 2.45) is 5.92 Å². The van der Waals surface area contributed by atoms with Crippen LogP contribution in [0, 0.1) is 5.92 Å². The van der Waals surface area contributed by atoms with Gasteiger partial charge in [0.25, 0.3) is 10.0 Å². The van der Waals surface area contributed by atoms with Crippen LogP contribution in [0.1, 0.15) is 33.3 Å². The second-order valence-electron chi connectivity index (χ2n) is 10.1. The zero-order valence-corrected chi connectivity index (χ0v) is 26.1. The van der Waals surface area contributed by atoms with Gasteiger partial charge in [-0.25, -0.2) is 8.42 Å². The summed E-state index contributed by atoms with van der Waals surface area (Å²) in [7, 11) is -2.67. The molecule has 0 fully saturated rings. The maximum absolute atomic E-state index is 14.0. The van der Waals surface area contributed by atoms with E-state index in [-0.39, 0.29) is 29.0 Å². The molecule has 0 spiro atoms. The summed E-state index contributed by atoms with van der Waals surface area (Å²) in [6.45, 7) is 7.81. The maximum atomic E-state index is 14.0. The molecule has 42 heavy (non-hydrogen) atoms. The lowest BCUT2D eigenvalue weighted by Crippen LogP contribution is -2.51. The molecule has 3 aromatic carbocycles. The van der Waals surface area contributed by atoms with Crippen LogP contribution in [0.15, 0.2) is 77.7 Å². The van der Waals surface area contributed by atoms with E-state index < -0.39 is 28.5 Å². The molecule has 0 aliphatic carbocycles. The van der Waals surface area contributed by atoms with Gasteiger partial charge >= 0.3 is 0 Å². The number of hydrogen-bond donors (Lipinski definition) is 1. The van der Waals surface area contributed by atoms with Crippen molar-refractivity contribution in [1.82, 2.24) is 10.2 Å². The van der Waals surface area contributed by atoms with E-state index in [1.807, 2.05) is 26.8 Å². The van der Waals surface area contributed by atoms with E-state index in [1.54, 1.807) is 56.5 Å². The molecule has 0 aliphatic rings. The molecule has 1 N–H and O–H groups in total. The number of nitrogens with one attached hydrogen (secondary N) is 1. The minimum absolute atomic E-state index is 0.0318. The molecular weight excluding hydrogens is 578 g/mol. The lowest BCUT2D eigenvalue weighted by molar-refractivity contribution is -0.139. The van der Waals surface area contributed by atoms with Crippen LogP contribution in [0.2, 0.25) is 5.02 Å². The van der Waals surface area contributed by atoms with E-state index in [0.717, 1.165) is 9.87 Å². The Kier molecular flexibility index (Phi) is 11.6. The van der Waals surface area contributed by atoms with Crippen LogP contribution in [0.3, 0.4) is 0 Å². The Morgan fingerprint density at radius 3 is 2.21 bits per heavy atom. The third-order valence-corrected chi connectivity index (χ3v) is 8.50. The summed E-state index contributed by atoms with van der Waals surface area (Å²) in [6.07, 6.45) is 0. The highest BCUT2D eigenvalue weighted by Gasteiger charge is 2.32. The number of rotatable bonds is 14. The first-order valence-electron chi connectivity index (χ1n) is 13.7. The Morgan fingerprint density at radius 1 is 0.952 bits per heavy atom. The number of methoxy groups -OCH3 is 1. The summed E-state index contributed by atoms with van der Waals surface area (Å²) in [5.41, 5.74) is 0.986. The number of carbonyl (C=O) groups excluding carboxylic acids is 2. The zero-order valence-electron chi connectivity index (χ0n) is 24.5. The molecule has 3 rings (SSSR count). The first-order chi connectivity index (χ1) is 20.0. The second kappa shape index (κ2) is 14.9. The molecule has 0 bridgehead atoms. The van der Waals surface area contributed by atoms with Gasteiger partial charge in [-0.15, -0.1) is 0 Å². The quantitative estimate of drug-likeness (QED) is 0.270. The molecule has 0 saturated carbocycles. The summed E-state index contributed by atoms with van der Waals surface area (Å²) in [5, 5.41) is 3.25. The third kappa shape index (κ3) is 8.62. The third-order valence-electron chi connectivity index (χ3n) is 6.46. The van der Waals surface area contributed by atoms with Crippen LogP contribution >= 0.6 is 11.6 Å². The molecular formula is C31H38ClN3O6S. The Bertz CT molecular complexity index is 1450. The van der Waals surface area contributed by atoms with Gasteiger partial charge in [-0.2, -0.15) is 0 Å². The van der Waals surface area contributed by atoms with Crippen molar-refractivity contribution in [1.29, 1.82) is 0 Å². The number of nitrogens with zero attached hydrogens (tertiary/aromatic N) is 2. The minimum Gasteiger partial charge on any atom is -0.497 e.